The lowest BCUT2D eigenvalue weighted by atomic mass is 10.0. The summed E-state index contributed by atoms with van der Waals surface area (Å²) in [7, 11) is 0. The average molecular weight is 321 g/mol. The second-order valence-electron chi connectivity index (χ2n) is 4.91. The largest absolute Gasteiger partial charge is 0.374 e. The van der Waals surface area contributed by atoms with Gasteiger partial charge in [0, 0.05) is 12.2 Å². The fourth-order valence-electron chi connectivity index (χ4n) is 2.31. The summed E-state index contributed by atoms with van der Waals surface area (Å²) in [6, 6.07) is 4.98. The zero-order valence-electron chi connectivity index (χ0n) is 12.8. The van der Waals surface area contributed by atoms with Crippen molar-refractivity contribution >= 4 is 34.6 Å². The predicted molar refractivity (Wildman–Crippen MR) is 88.2 cm³/mol. The highest BCUT2D eigenvalue weighted by atomic mass is 32.2. The van der Waals surface area contributed by atoms with E-state index in [2.05, 4.69) is 4.99 Å². The number of amidine groups is 1. The van der Waals surface area contributed by atoms with Crippen molar-refractivity contribution in [2.45, 2.75) is 26.9 Å². The van der Waals surface area contributed by atoms with Gasteiger partial charge in [0.1, 0.15) is 0 Å². The lowest BCUT2D eigenvalue weighted by molar-refractivity contribution is -0.115. The van der Waals surface area contributed by atoms with Gasteiger partial charge in [0.15, 0.2) is 5.17 Å². The van der Waals surface area contributed by atoms with Crippen LogP contribution in [-0.2, 0) is 9.53 Å². The maximum Gasteiger partial charge on any atom is 0.340 e. The monoisotopic (exact) mass is 321 g/mol. The van der Waals surface area contributed by atoms with E-state index in [4.69, 9.17) is 10.5 Å². The van der Waals surface area contributed by atoms with E-state index >= 15 is 0 Å². The van der Waals surface area contributed by atoms with E-state index in [1.165, 1.54) is 16.7 Å². The van der Waals surface area contributed by atoms with Crippen molar-refractivity contribution in [3.63, 3.8) is 0 Å². The summed E-state index contributed by atoms with van der Waals surface area (Å²) in [6.07, 6.45) is -0.172. The van der Waals surface area contributed by atoms with Gasteiger partial charge in [-0.15, -0.1) is 0 Å². The minimum atomic E-state index is -0.811. The molecular weight excluding hydrogens is 302 g/mol. The number of amides is 3. The molecule has 0 spiro atoms. The minimum Gasteiger partial charge on any atom is -0.374 e. The van der Waals surface area contributed by atoms with Crippen LogP contribution in [0.25, 0.3) is 0 Å². The predicted octanol–water partition coefficient (Wildman–Crippen LogP) is 2.61. The van der Waals surface area contributed by atoms with Crippen molar-refractivity contribution in [2.24, 2.45) is 10.7 Å². The molecule has 1 aliphatic rings. The first-order chi connectivity index (χ1) is 10.4. The van der Waals surface area contributed by atoms with E-state index < -0.39 is 6.03 Å². The summed E-state index contributed by atoms with van der Waals surface area (Å²) >= 11 is 1.21. The van der Waals surface area contributed by atoms with Crippen LogP contribution in [0.5, 0.6) is 0 Å². The molecule has 0 saturated carbocycles. The second kappa shape index (κ2) is 6.93. The summed E-state index contributed by atoms with van der Waals surface area (Å²) < 4.78 is 5.64. The topological polar surface area (TPSA) is 85.0 Å². The van der Waals surface area contributed by atoms with Gasteiger partial charge in [0.05, 0.1) is 17.5 Å². The number of hydrogen-bond donors (Lipinski definition) is 1. The Morgan fingerprint density at radius 1 is 1.55 bits per heavy atom. The van der Waals surface area contributed by atoms with Crippen LogP contribution < -0.4 is 10.6 Å². The van der Waals surface area contributed by atoms with Gasteiger partial charge >= 0.3 is 6.03 Å². The quantitative estimate of drug-likeness (QED) is 0.923. The summed E-state index contributed by atoms with van der Waals surface area (Å²) in [5.41, 5.74) is 7.70. The third-order valence-corrected chi connectivity index (χ3v) is 4.18. The Labute approximate surface area is 133 Å². The molecule has 1 aromatic carbocycles. The van der Waals surface area contributed by atoms with E-state index in [-0.39, 0.29) is 17.8 Å². The molecule has 1 fully saturated rings. The third-order valence-electron chi connectivity index (χ3n) is 3.25. The zero-order valence-corrected chi connectivity index (χ0v) is 13.6. The molecule has 2 rings (SSSR count). The lowest BCUT2D eigenvalue weighted by Gasteiger charge is -2.23. The first-order valence-corrected chi connectivity index (χ1v) is 7.98. The van der Waals surface area contributed by atoms with Gasteiger partial charge in [0.2, 0.25) is 5.91 Å². The van der Waals surface area contributed by atoms with Crippen LogP contribution in [0.1, 0.15) is 31.1 Å². The Hall–Kier alpha value is -1.86. The summed E-state index contributed by atoms with van der Waals surface area (Å²) in [5.74, 6) is 0.114. The van der Waals surface area contributed by atoms with Crippen LogP contribution in [0.3, 0.4) is 0 Å². The molecule has 3 amide bonds. The number of carbonyl (C=O) groups is 2. The first kappa shape index (κ1) is 16.5. The smallest absolute Gasteiger partial charge is 0.340 e. The molecule has 1 atom stereocenters. The number of anilines is 1. The normalized spacial score (nSPS) is 18.0. The average Bonchev–Trinajstić information content (AvgIpc) is 2.79. The van der Waals surface area contributed by atoms with Crippen LogP contribution in [0.2, 0.25) is 0 Å². The zero-order chi connectivity index (χ0) is 16.3. The van der Waals surface area contributed by atoms with Gasteiger partial charge < -0.3 is 10.5 Å². The van der Waals surface area contributed by atoms with Crippen LogP contribution in [0, 0.1) is 6.92 Å². The number of carbonyl (C=O) groups excluding carboxylic acids is 2. The van der Waals surface area contributed by atoms with Crippen LogP contribution in [-0.4, -0.2) is 29.5 Å². The van der Waals surface area contributed by atoms with Gasteiger partial charge in [-0.2, -0.15) is 4.99 Å². The Balaban J connectivity index is 2.51. The van der Waals surface area contributed by atoms with Gasteiger partial charge in [-0.05, 0) is 32.4 Å². The van der Waals surface area contributed by atoms with E-state index in [1.807, 2.05) is 39.0 Å². The van der Waals surface area contributed by atoms with Gasteiger partial charge in [-0.25, -0.2) is 4.79 Å². The number of aliphatic imine (C=N–C) groups is 1. The summed E-state index contributed by atoms with van der Waals surface area (Å²) in [4.78, 5) is 28.5. The number of thioether (sulfide) groups is 1. The molecule has 0 aromatic heterocycles. The lowest BCUT2D eigenvalue weighted by Crippen LogP contribution is -2.31. The second-order valence-corrected chi connectivity index (χ2v) is 5.85. The van der Waals surface area contributed by atoms with Gasteiger partial charge in [-0.1, -0.05) is 23.9 Å². The van der Waals surface area contributed by atoms with Crippen LogP contribution >= 0.6 is 11.8 Å². The van der Waals surface area contributed by atoms with Crippen molar-refractivity contribution in [1.82, 2.24) is 0 Å². The number of rotatable bonds is 4. The number of ether oxygens (including phenoxy) is 1. The molecule has 22 heavy (non-hydrogen) atoms. The molecule has 2 N–H and O–H groups in total. The van der Waals surface area contributed by atoms with E-state index in [1.54, 1.807) is 0 Å². The minimum absolute atomic E-state index is 0.124. The third kappa shape index (κ3) is 3.48. The molecular formula is C15H19N3O3S. The molecule has 118 valence electrons. The molecule has 6 nitrogen and oxygen atoms in total. The Kier molecular flexibility index (Phi) is 5.20. The van der Waals surface area contributed by atoms with Crippen LogP contribution in [0.4, 0.5) is 10.5 Å². The highest BCUT2D eigenvalue weighted by Gasteiger charge is 2.32. The van der Waals surface area contributed by atoms with Crippen molar-refractivity contribution in [3.05, 3.63) is 29.3 Å². The van der Waals surface area contributed by atoms with Crippen molar-refractivity contribution in [3.8, 4) is 0 Å². The Bertz CT molecular complexity index is 630. The molecule has 1 aromatic rings. The highest BCUT2D eigenvalue weighted by molar-refractivity contribution is 8.15. The molecule has 1 aliphatic heterocycles. The molecule has 0 radical (unpaired) electrons. The molecule has 1 unspecified atom stereocenters. The number of benzene rings is 1. The SMILES string of the molecule is CCOC(C)c1ccc(C)cc1N1C(=O)CSC1=NC(N)=O. The number of primary amides is 1. The summed E-state index contributed by atoms with van der Waals surface area (Å²) in [6.45, 7) is 6.36. The van der Waals surface area contributed by atoms with E-state index in [9.17, 15) is 9.59 Å². The van der Waals surface area contributed by atoms with Crippen LogP contribution in [0.15, 0.2) is 23.2 Å². The maximum atomic E-state index is 12.2. The van der Waals surface area contributed by atoms with Crippen molar-refractivity contribution in [2.75, 3.05) is 17.3 Å². The fourth-order valence-corrected chi connectivity index (χ4v) is 3.17. The molecule has 1 heterocycles. The highest BCUT2D eigenvalue weighted by Crippen LogP contribution is 2.34. The standard InChI is InChI=1S/C15H19N3O3S/c1-4-21-10(3)11-6-5-9(2)7-12(11)18-13(19)8-22-15(18)17-14(16)20/h5-7,10H,4,8H2,1-3H3,(H2,16,20). The molecule has 0 bridgehead atoms. The maximum absolute atomic E-state index is 12.2. The first-order valence-electron chi connectivity index (χ1n) is 7.00. The fraction of sp³-hybridized carbons (Fsp3) is 0.400. The van der Waals surface area contributed by atoms with E-state index in [0.29, 0.717) is 17.5 Å². The van der Waals surface area contributed by atoms with Gasteiger partial charge in [-0.3, -0.25) is 9.69 Å². The number of urea groups is 1. The van der Waals surface area contributed by atoms with Crippen molar-refractivity contribution in [1.29, 1.82) is 0 Å². The van der Waals surface area contributed by atoms with Crippen molar-refractivity contribution < 1.29 is 14.3 Å². The van der Waals surface area contributed by atoms with Gasteiger partial charge in [0.25, 0.3) is 0 Å². The Morgan fingerprint density at radius 2 is 2.27 bits per heavy atom. The number of nitrogens with two attached hydrogens (primary N) is 1. The number of hydrogen-bond acceptors (Lipinski definition) is 4. The number of nitrogens with zero attached hydrogens (tertiary/aromatic N) is 2. The molecule has 0 aliphatic carbocycles. The molecule has 1 saturated heterocycles. The number of aryl methyl sites for hydroxylation is 1. The summed E-state index contributed by atoms with van der Waals surface area (Å²) in [5, 5.41) is 0.313. The van der Waals surface area contributed by atoms with E-state index in [0.717, 1.165) is 11.1 Å². The molecule has 7 heteroatoms. The Morgan fingerprint density at radius 3 is 2.91 bits per heavy atom.